The number of para-hydroxylation sites is 1. The molecule has 0 atom stereocenters. The smallest absolute Gasteiger partial charge is 0.123 e. The molecule has 0 saturated carbocycles. The Morgan fingerprint density at radius 3 is 1.94 bits per heavy atom. The maximum atomic E-state index is 10.1. The van der Waals surface area contributed by atoms with Crippen LogP contribution in [0.5, 0.6) is 11.5 Å². The Balaban J connectivity index is 2.62. The number of phenolic OH excluding ortho intramolecular Hbond substituents is 2. The molecule has 2 nitrogen and oxygen atoms in total. The normalized spacial score (nSPS) is 10.6. The van der Waals surface area contributed by atoms with E-state index in [1.54, 1.807) is 12.1 Å². The molecule has 0 bridgehead atoms. The zero-order valence-corrected chi connectivity index (χ0v) is 10.8. The predicted octanol–water partition coefficient (Wildman–Crippen LogP) is 3.89. The number of rotatable bonds is 3. The molecule has 94 valence electrons. The molecule has 0 aliphatic rings. The standard InChI is InChI=1S/C16H18O2/c1-3-11-9-13(10-12(4-2)16(11)18)14-7-5-6-8-15(14)17/h5-10,17-18H,3-4H2,1-2H3. The summed E-state index contributed by atoms with van der Waals surface area (Å²) in [4.78, 5) is 0. The van der Waals surface area contributed by atoms with Crippen LogP contribution < -0.4 is 0 Å². The maximum absolute atomic E-state index is 10.1. The summed E-state index contributed by atoms with van der Waals surface area (Å²) in [6.07, 6.45) is 1.56. The van der Waals surface area contributed by atoms with Gasteiger partial charge in [-0.05, 0) is 47.7 Å². The van der Waals surface area contributed by atoms with Gasteiger partial charge >= 0.3 is 0 Å². The Kier molecular flexibility index (Phi) is 3.56. The number of aryl methyl sites for hydroxylation is 2. The van der Waals surface area contributed by atoms with Crippen LogP contribution in [-0.2, 0) is 12.8 Å². The molecule has 0 aliphatic heterocycles. The quantitative estimate of drug-likeness (QED) is 0.857. The van der Waals surface area contributed by atoms with Gasteiger partial charge in [-0.25, -0.2) is 0 Å². The van der Waals surface area contributed by atoms with E-state index >= 15 is 0 Å². The maximum Gasteiger partial charge on any atom is 0.123 e. The van der Waals surface area contributed by atoms with Crippen LogP contribution in [-0.4, -0.2) is 10.2 Å². The van der Waals surface area contributed by atoms with Gasteiger partial charge in [-0.3, -0.25) is 0 Å². The first kappa shape index (κ1) is 12.5. The third-order valence-corrected chi connectivity index (χ3v) is 3.24. The SMILES string of the molecule is CCc1cc(-c2ccccc2O)cc(CC)c1O. The van der Waals surface area contributed by atoms with Crippen LogP contribution in [0.25, 0.3) is 11.1 Å². The number of benzene rings is 2. The van der Waals surface area contributed by atoms with Crippen LogP contribution in [0.1, 0.15) is 25.0 Å². The Hall–Kier alpha value is -1.96. The molecule has 0 radical (unpaired) electrons. The zero-order valence-electron chi connectivity index (χ0n) is 10.8. The van der Waals surface area contributed by atoms with E-state index in [9.17, 15) is 10.2 Å². The van der Waals surface area contributed by atoms with E-state index in [-0.39, 0.29) is 5.75 Å². The summed E-state index contributed by atoms with van der Waals surface area (Å²) >= 11 is 0. The first-order valence-electron chi connectivity index (χ1n) is 6.30. The van der Waals surface area contributed by atoms with Crippen LogP contribution in [0.4, 0.5) is 0 Å². The van der Waals surface area contributed by atoms with Gasteiger partial charge in [-0.1, -0.05) is 32.0 Å². The summed E-state index contributed by atoms with van der Waals surface area (Å²) < 4.78 is 0. The lowest BCUT2D eigenvalue weighted by atomic mass is 9.96. The number of hydrogen-bond donors (Lipinski definition) is 2. The van der Waals surface area contributed by atoms with Gasteiger partial charge in [0.25, 0.3) is 0 Å². The molecular formula is C16H18O2. The average Bonchev–Trinajstić information content (AvgIpc) is 2.40. The fourth-order valence-corrected chi connectivity index (χ4v) is 2.17. The molecule has 2 aromatic carbocycles. The molecule has 0 heterocycles. The highest BCUT2D eigenvalue weighted by molar-refractivity contribution is 5.72. The van der Waals surface area contributed by atoms with Gasteiger partial charge in [-0.15, -0.1) is 0 Å². The van der Waals surface area contributed by atoms with Gasteiger partial charge in [0.05, 0.1) is 0 Å². The van der Waals surface area contributed by atoms with Crippen molar-refractivity contribution in [3.63, 3.8) is 0 Å². The van der Waals surface area contributed by atoms with Crippen molar-refractivity contribution in [2.75, 3.05) is 0 Å². The molecule has 18 heavy (non-hydrogen) atoms. The second-order valence-electron chi connectivity index (χ2n) is 4.37. The molecule has 2 N–H and O–H groups in total. The Morgan fingerprint density at radius 1 is 0.889 bits per heavy atom. The van der Waals surface area contributed by atoms with E-state index in [1.807, 2.05) is 38.1 Å². The first-order valence-corrected chi connectivity index (χ1v) is 6.30. The Morgan fingerprint density at radius 2 is 1.44 bits per heavy atom. The fraction of sp³-hybridized carbons (Fsp3) is 0.250. The molecule has 2 rings (SSSR count). The van der Waals surface area contributed by atoms with Crippen molar-refractivity contribution < 1.29 is 10.2 Å². The van der Waals surface area contributed by atoms with E-state index < -0.39 is 0 Å². The number of aromatic hydroxyl groups is 2. The molecule has 0 fully saturated rings. The highest BCUT2D eigenvalue weighted by Gasteiger charge is 2.10. The molecule has 2 aromatic rings. The minimum Gasteiger partial charge on any atom is -0.507 e. The lowest BCUT2D eigenvalue weighted by Crippen LogP contribution is -1.91. The fourth-order valence-electron chi connectivity index (χ4n) is 2.17. The van der Waals surface area contributed by atoms with Gasteiger partial charge in [0, 0.05) is 5.56 Å². The van der Waals surface area contributed by atoms with Crippen molar-refractivity contribution in [3.8, 4) is 22.6 Å². The van der Waals surface area contributed by atoms with Gasteiger partial charge in [-0.2, -0.15) is 0 Å². The summed E-state index contributed by atoms with van der Waals surface area (Å²) in [5.74, 6) is 0.659. The molecule has 0 spiro atoms. The zero-order chi connectivity index (χ0) is 13.1. The Labute approximate surface area is 108 Å². The summed E-state index contributed by atoms with van der Waals surface area (Å²) in [6, 6.07) is 11.2. The van der Waals surface area contributed by atoms with Crippen LogP contribution in [0.3, 0.4) is 0 Å². The van der Waals surface area contributed by atoms with Crippen molar-refractivity contribution in [2.45, 2.75) is 26.7 Å². The molecule has 2 heteroatoms. The third-order valence-electron chi connectivity index (χ3n) is 3.24. The molecule has 0 aromatic heterocycles. The number of phenols is 2. The van der Waals surface area contributed by atoms with Crippen LogP contribution in [0, 0.1) is 0 Å². The van der Waals surface area contributed by atoms with Crippen molar-refractivity contribution in [1.29, 1.82) is 0 Å². The monoisotopic (exact) mass is 242 g/mol. The van der Waals surface area contributed by atoms with Crippen LogP contribution in [0.2, 0.25) is 0 Å². The minimum absolute atomic E-state index is 0.271. The molecule has 0 saturated heterocycles. The van der Waals surface area contributed by atoms with E-state index in [1.165, 1.54) is 0 Å². The highest BCUT2D eigenvalue weighted by Crippen LogP contribution is 2.34. The largest absolute Gasteiger partial charge is 0.507 e. The summed E-state index contributed by atoms with van der Waals surface area (Å²) in [7, 11) is 0. The van der Waals surface area contributed by atoms with Crippen molar-refractivity contribution in [2.24, 2.45) is 0 Å². The first-order chi connectivity index (χ1) is 8.67. The van der Waals surface area contributed by atoms with E-state index in [2.05, 4.69) is 0 Å². The molecule has 0 unspecified atom stereocenters. The van der Waals surface area contributed by atoms with Gasteiger partial charge < -0.3 is 10.2 Å². The predicted molar refractivity (Wildman–Crippen MR) is 74.0 cm³/mol. The van der Waals surface area contributed by atoms with Gasteiger partial charge in [0.1, 0.15) is 11.5 Å². The Bertz CT molecular complexity index is 534. The van der Waals surface area contributed by atoms with Crippen molar-refractivity contribution in [1.82, 2.24) is 0 Å². The average molecular weight is 242 g/mol. The second-order valence-corrected chi connectivity index (χ2v) is 4.37. The third kappa shape index (κ3) is 2.19. The molecular weight excluding hydrogens is 224 g/mol. The highest BCUT2D eigenvalue weighted by atomic mass is 16.3. The van der Waals surface area contributed by atoms with E-state index in [0.717, 1.165) is 35.1 Å². The summed E-state index contributed by atoms with van der Waals surface area (Å²) in [5, 5.41) is 20.0. The number of hydrogen-bond acceptors (Lipinski definition) is 2. The van der Waals surface area contributed by atoms with E-state index in [4.69, 9.17) is 0 Å². The van der Waals surface area contributed by atoms with Crippen LogP contribution in [0.15, 0.2) is 36.4 Å². The minimum atomic E-state index is 0.271. The second kappa shape index (κ2) is 5.13. The summed E-state index contributed by atoms with van der Waals surface area (Å²) in [6.45, 7) is 4.03. The van der Waals surface area contributed by atoms with Crippen LogP contribution >= 0.6 is 0 Å². The molecule has 0 aliphatic carbocycles. The lowest BCUT2D eigenvalue weighted by Gasteiger charge is -2.12. The molecule has 0 amide bonds. The lowest BCUT2D eigenvalue weighted by molar-refractivity contribution is 0.462. The summed E-state index contributed by atoms with van der Waals surface area (Å²) in [5.41, 5.74) is 3.61. The van der Waals surface area contributed by atoms with Gasteiger partial charge in [0.2, 0.25) is 0 Å². The topological polar surface area (TPSA) is 40.5 Å². The van der Waals surface area contributed by atoms with Gasteiger partial charge in [0.15, 0.2) is 0 Å². The van der Waals surface area contributed by atoms with E-state index in [0.29, 0.717) is 5.75 Å². The van der Waals surface area contributed by atoms with Crippen molar-refractivity contribution >= 4 is 0 Å². The van der Waals surface area contributed by atoms with Crippen molar-refractivity contribution in [3.05, 3.63) is 47.5 Å².